The number of nitrogens with zero attached hydrogens (tertiary/aromatic N) is 1. The Morgan fingerprint density at radius 2 is 1.77 bits per heavy atom. The number of carboxylic acids is 1. The van der Waals surface area contributed by atoms with E-state index in [1.807, 2.05) is 36.4 Å². The highest BCUT2D eigenvalue weighted by Gasteiger charge is 2.30. The molecule has 31 heavy (non-hydrogen) atoms. The average Bonchev–Trinajstić information content (AvgIpc) is 3.16. The Hall–Kier alpha value is -2.84. The Bertz CT molecular complexity index is 1230. The first-order chi connectivity index (χ1) is 14.8. The van der Waals surface area contributed by atoms with Crippen molar-refractivity contribution in [2.24, 2.45) is 0 Å². The monoisotopic (exact) mass is 459 g/mol. The first kappa shape index (κ1) is 21.4. The molecule has 0 aliphatic rings. The van der Waals surface area contributed by atoms with E-state index in [0.717, 1.165) is 38.4 Å². The van der Waals surface area contributed by atoms with Crippen molar-refractivity contribution >= 4 is 39.3 Å². The van der Waals surface area contributed by atoms with Gasteiger partial charge >= 0.3 is 12.1 Å². The van der Waals surface area contributed by atoms with Crippen LogP contribution in [0.3, 0.4) is 0 Å². The van der Waals surface area contributed by atoms with Gasteiger partial charge in [-0.05, 0) is 41.5 Å². The maximum atomic E-state index is 12.8. The van der Waals surface area contributed by atoms with Crippen molar-refractivity contribution < 1.29 is 23.1 Å². The van der Waals surface area contributed by atoms with Gasteiger partial charge in [0.05, 0.1) is 22.2 Å². The lowest BCUT2D eigenvalue weighted by molar-refractivity contribution is -0.138. The van der Waals surface area contributed by atoms with Crippen molar-refractivity contribution in [2.75, 3.05) is 0 Å². The fraction of sp³-hybridized carbons (Fsp3) is 0.130. The third-order valence-corrected chi connectivity index (χ3v) is 6.72. The van der Waals surface area contributed by atoms with Gasteiger partial charge in [-0.25, -0.2) is 4.98 Å². The van der Waals surface area contributed by atoms with E-state index in [1.165, 1.54) is 23.5 Å². The molecule has 0 fully saturated rings. The van der Waals surface area contributed by atoms with Crippen LogP contribution in [-0.4, -0.2) is 16.1 Å². The number of fused-ring (bicyclic) bond motifs is 1. The second-order valence-electron chi connectivity index (χ2n) is 6.86. The minimum Gasteiger partial charge on any atom is -0.481 e. The van der Waals surface area contributed by atoms with Crippen LogP contribution in [0.5, 0.6) is 0 Å². The number of para-hydroxylation sites is 1. The van der Waals surface area contributed by atoms with Crippen molar-refractivity contribution in [3.05, 3.63) is 83.4 Å². The molecule has 0 saturated carbocycles. The number of thioether (sulfide) groups is 1. The molecular weight excluding hydrogens is 443 g/mol. The molecule has 0 aliphatic heterocycles. The molecule has 0 spiro atoms. The van der Waals surface area contributed by atoms with Crippen LogP contribution in [-0.2, 0) is 23.1 Å². The summed E-state index contributed by atoms with van der Waals surface area (Å²) in [5, 5.41) is 9.64. The van der Waals surface area contributed by atoms with Gasteiger partial charge in [0.2, 0.25) is 0 Å². The van der Waals surface area contributed by atoms with E-state index in [2.05, 4.69) is 0 Å². The maximum Gasteiger partial charge on any atom is 0.416 e. The zero-order valence-electron chi connectivity index (χ0n) is 16.0. The van der Waals surface area contributed by atoms with Gasteiger partial charge in [0.15, 0.2) is 0 Å². The number of carbonyl (C=O) groups is 1. The lowest BCUT2D eigenvalue weighted by atomic mass is 10.1. The largest absolute Gasteiger partial charge is 0.481 e. The fourth-order valence-corrected chi connectivity index (χ4v) is 5.11. The van der Waals surface area contributed by atoms with Crippen molar-refractivity contribution in [3.8, 4) is 10.6 Å². The van der Waals surface area contributed by atoms with Crippen LogP contribution >= 0.6 is 23.1 Å². The van der Waals surface area contributed by atoms with Crippen LogP contribution < -0.4 is 0 Å². The van der Waals surface area contributed by atoms with E-state index in [-0.39, 0.29) is 6.42 Å². The van der Waals surface area contributed by atoms with Gasteiger partial charge in [-0.3, -0.25) is 4.79 Å². The lowest BCUT2D eigenvalue weighted by Crippen LogP contribution is -2.03. The van der Waals surface area contributed by atoms with Crippen LogP contribution in [0.15, 0.2) is 71.6 Å². The van der Waals surface area contributed by atoms with Crippen LogP contribution in [0.4, 0.5) is 13.2 Å². The summed E-state index contributed by atoms with van der Waals surface area (Å²) >= 11 is 3.03. The molecule has 0 amide bonds. The van der Waals surface area contributed by atoms with E-state index in [1.54, 1.807) is 17.8 Å². The quantitative estimate of drug-likeness (QED) is 0.319. The number of carboxylic acid groups (broad SMARTS) is 1. The first-order valence-corrected chi connectivity index (χ1v) is 11.1. The summed E-state index contributed by atoms with van der Waals surface area (Å²) in [7, 11) is 0. The molecule has 0 saturated heterocycles. The average molecular weight is 460 g/mol. The van der Waals surface area contributed by atoms with E-state index in [0.29, 0.717) is 16.3 Å². The van der Waals surface area contributed by atoms with Gasteiger partial charge in [0.25, 0.3) is 0 Å². The third kappa shape index (κ3) is 5.08. The Morgan fingerprint density at radius 3 is 2.48 bits per heavy atom. The number of halogens is 3. The van der Waals surface area contributed by atoms with E-state index < -0.39 is 17.7 Å². The molecule has 1 heterocycles. The lowest BCUT2D eigenvalue weighted by Gasteiger charge is -2.06. The van der Waals surface area contributed by atoms with Gasteiger partial charge in [-0.1, -0.05) is 36.4 Å². The van der Waals surface area contributed by atoms with E-state index in [9.17, 15) is 18.0 Å². The molecule has 1 N–H and O–H groups in total. The molecule has 158 valence electrons. The standard InChI is InChI=1S/C23H16F3NO2S2/c24-23(25,26)17-9-7-15(8-10-17)22-27-21-16(4-2-6-19(21)31-22)13-30-18-5-1-3-14(11-18)12-20(28)29/h1-11H,12-13H2,(H,28,29). The van der Waals surface area contributed by atoms with Gasteiger partial charge in [0.1, 0.15) is 5.01 Å². The molecule has 4 aromatic rings. The summed E-state index contributed by atoms with van der Waals surface area (Å²) in [5.41, 5.74) is 2.56. The molecule has 0 radical (unpaired) electrons. The van der Waals surface area contributed by atoms with Crippen LogP contribution in [0.25, 0.3) is 20.8 Å². The van der Waals surface area contributed by atoms with Gasteiger partial charge in [-0.2, -0.15) is 13.2 Å². The summed E-state index contributed by atoms with van der Waals surface area (Å²) in [6, 6.07) is 18.3. The fourth-order valence-electron chi connectivity index (χ4n) is 3.13. The highest BCUT2D eigenvalue weighted by Crippen LogP contribution is 2.36. The second kappa shape index (κ2) is 8.72. The number of hydrogen-bond acceptors (Lipinski definition) is 4. The molecule has 0 atom stereocenters. The molecule has 3 nitrogen and oxygen atoms in total. The number of hydrogen-bond donors (Lipinski definition) is 1. The molecule has 8 heteroatoms. The highest BCUT2D eigenvalue weighted by molar-refractivity contribution is 7.98. The summed E-state index contributed by atoms with van der Waals surface area (Å²) < 4.78 is 39.4. The number of rotatable bonds is 6. The molecule has 0 bridgehead atoms. The van der Waals surface area contributed by atoms with Gasteiger partial charge in [0, 0.05) is 16.2 Å². The Labute approximate surface area is 184 Å². The topological polar surface area (TPSA) is 50.2 Å². The molecule has 0 aliphatic carbocycles. The zero-order valence-corrected chi connectivity index (χ0v) is 17.7. The smallest absolute Gasteiger partial charge is 0.416 e. The normalized spacial score (nSPS) is 11.7. The van der Waals surface area contributed by atoms with Crippen molar-refractivity contribution in [1.29, 1.82) is 0 Å². The highest BCUT2D eigenvalue weighted by atomic mass is 32.2. The Balaban J connectivity index is 1.56. The number of thiazole rings is 1. The predicted octanol–water partition coefficient (Wildman–Crippen LogP) is 6.90. The van der Waals surface area contributed by atoms with Crippen molar-refractivity contribution in [3.63, 3.8) is 0 Å². The SMILES string of the molecule is O=C(O)Cc1cccc(SCc2cccc3sc(-c4ccc(C(F)(F)F)cc4)nc23)c1. The zero-order chi connectivity index (χ0) is 22.0. The molecule has 4 rings (SSSR count). The predicted molar refractivity (Wildman–Crippen MR) is 117 cm³/mol. The third-order valence-electron chi connectivity index (χ3n) is 4.61. The summed E-state index contributed by atoms with van der Waals surface area (Å²) in [4.78, 5) is 16.6. The van der Waals surface area contributed by atoms with Crippen molar-refractivity contribution in [2.45, 2.75) is 23.2 Å². The first-order valence-electron chi connectivity index (χ1n) is 9.29. The maximum absolute atomic E-state index is 12.8. The molecule has 1 aromatic heterocycles. The Morgan fingerprint density at radius 1 is 1.03 bits per heavy atom. The second-order valence-corrected chi connectivity index (χ2v) is 8.94. The molecule has 0 unspecified atom stereocenters. The molecule has 3 aromatic carbocycles. The van der Waals surface area contributed by atoms with E-state index in [4.69, 9.17) is 10.1 Å². The van der Waals surface area contributed by atoms with Gasteiger partial charge in [-0.15, -0.1) is 23.1 Å². The minimum absolute atomic E-state index is 0.0213. The number of benzene rings is 3. The molecular formula is C23H16F3NO2S2. The van der Waals surface area contributed by atoms with Gasteiger partial charge < -0.3 is 5.11 Å². The Kier molecular flexibility index (Phi) is 6.02. The van der Waals surface area contributed by atoms with E-state index >= 15 is 0 Å². The summed E-state index contributed by atoms with van der Waals surface area (Å²) in [5.74, 6) is -0.227. The number of alkyl halides is 3. The minimum atomic E-state index is -4.36. The number of aliphatic carboxylic acids is 1. The summed E-state index contributed by atoms with van der Waals surface area (Å²) in [6.45, 7) is 0. The number of aromatic nitrogens is 1. The van der Waals surface area contributed by atoms with Crippen LogP contribution in [0, 0.1) is 0 Å². The van der Waals surface area contributed by atoms with Crippen molar-refractivity contribution in [1.82, 2.24) is 4.98 Å². The summed E-state index contributed by atoms with van der Waals surface area (Å²) in [6.07, 6.45) is -4.38. The van der Waals surface area contributed by atoms with Crippen LogP contribution in [0.2, 0.25) is 0 Å². The van der Waals surface area contributed by atoms with Crippen LogP contribution in [0.1, 0.15) is 16.7 Å².